The van der Waals surface area contributed by atoms with Crippen molar-refractivity contribution in [3.8, 4) is 11.8 Å². The van der Waals surface area contributed by atoms with Gasteiger partial charge in [0.25, 0.3) is 0 Å². The lowest BCUT2D eigenvalue weighted by molar-refractivity contribution is -0.150. The maximum absolute atomic E-state index is 12.9. The van der Waals surface area contributed by atoms with Crippen LogP contribution >= 0.6 is 23.4 Å². The van der Waals surface area contributed by atoms with Crippen LogP contribution in [-0.4, -0.2) is 25.6 Å². The van der Waals surface area contributed by atoms with Crippen molar-refractivity contribution in [1.29, 1.82) is 5.26 Å². The topological polar surface area (TPSA) is 88.4 Å². The van der Waals surface area contributed by atoms with Gasteiger partial charge < -0.3 is 14.8 Å². The molecule has 0 saturated heterocycles. The minimum absolute atomic E-state index is 0.288. The van der Waals surface area contributed by atoms with Crippen LogP contribution in [0.3, 0.4) is 0 Å². The highest BCUT2D eigenvalue weighted by Crippen LogP contribution is 2.42. The van der Waals surface area contributed by atoms with Crippen LogP contribution in [0.5, 0.6) is 5.75 Å². The fraction of sp³-hybridized carbons (Fsp3) is 0.261. The molecule has 0 unspecified atom stereocenters. The molecule has 0 bridgehead atoms. The molecule has 0 aromatic heterocycles. The van der Waals surface area contributed by atoms with Crippen molar-refractivity contribution in [2.45, 2.75) is 18.6 Å². The summed E-state index contributed by atoms with van der Waals surface area (Å²) < 4.78 is 10.3. The summed E-state index contributed by atoms with van der Waals surface area (Å²) >= 11 is 7.69. The van der Waals surface area contributed by atoms with E-state index in [9.17, 15) is 14.9 Å². The Labute approximate surface area is 190 Å². The molecule has 160 valence electrons. The summed E-state index contributed by atoms with van der Waals surface area (Å²) in [7, 11) is 1.22. The molecule has 0 aliphatic carbocycles. The number of thioether (sulfide) groups is 1. The Morgan fingerprint density at radius 2 is 2.00 bits per heavy atom. The smallest absolute Gasteiger partial charge is 0.319 e. The van der Waals surface area contributed by atoms with E-state index in [-0.39, 0.29) is 5.57 Å². The number of nitrogens with one attached hydrogen (secondary N) is 1. The number of esters is 1. The van der Waals surface area contributed by atoms with Crippen molar-refractivity contribution in [2.75, 3.05) is 13.7 Å². The van der Waals surface area contributed by atoms with Gasteiger partial charge in [0.05, 0.1) is 35.4 Å². The second-order valence-electron chi connectivity index (χ2n) is 6.72. The van der Waals surface area contributed by atoms with Gasteiger partial charge in [-0.15, -0.1) is 11.8 Å². The summed E-state index contributed by atoms with van der Waals surface area (Å²) in [6.07, 6.45) is 0. The Bertz CT molecular complexity index is 1050. The minimum atomic E-state index is -1.20. The third-order valence-corrected chi connectivity index (χ3v) is 6.21. The Hall–Kier alpha value is -2.95. The summed E-state index contributed by atoms with van der Waals surface area (Å²) in [6, 6.07) is 16.9. The second-order valence-corrected chi connectivity index (χ2v) is 8.11. The quantitative estimate of drug-likeness (QED) is 0.490. The van der Waals surface area contributed by atoms with Crippen LogP contribution in [0.4, 0.5) is 0 Å². The molecule has 1 heterocycles. The molecule has 1 aliphatic heterocycles. The summed E-state index contributed by atoms with van der Waals surface area (Å²) in [5.74, 6) is -2.21. The zero-order valence-electron chi connectivity index (χ0n) is 17.1. The van der Waals surface area contributed by atoms with Crippen molar-refractivity contribution in [1.82, 2.24) is 5.32 Å². The van der Waals surface area contributed by atoms with E-state index < -0.39 is 23.7 Å². The molecule has 0 saturated carbocycles. The molecule has 2 aromatic carbocycles. The minimum Gasteiger partial charge on any atom is -0.492 e. The first-order valence-corrected chi connectivity index (χ1v) is 11.0. The third-order valence-electron chi connectivity index (χ3n) is 4.82. The number of carbonyl (C=O) groups is 2. The van der Waals surface area contributed by atoms with E-state index in [1.54, 1.807) is 18.2 Å². The zero-order chi connectivity index (χ0) is 22.4. The van der Waals surface area contributed by atoms with Crippen molar-refractivity contribution >= 4 is 35.2 Å². The van der Waals surface area contributed by atoms with Gasteiger partial charge in [0.2, 0.25) is 5.91 Å². The number of hydrogen-bond donors (Lipinski definition) is 1. The molecule has 0 radical (unpaired) electrons. The molecule has 1 amide bonds. The second kappa shape index (κ2) is 10.4. The highest BCUT2D eigenvalue weighted by Gasteiger charge is 2.44. The van der Waals surface area contributed by atoms with Crippen molar-refractivity contribution in [2.24, 2.45) is 5.92 Å². The number of nitriles is 1. The number of ether oxygens (including phenoxy) is 2. The molecule has 0 fully saturated rings. The lowest BCUT2D eigenvalue weighted by atomic mass is 9.78. The molecule has 31 heavy (non-hydrogen) atoms. The van der Waals surface area contributed by atoms with Crippen molar-refractivity contribution < 1.29 is 19.1 Å². The number of methoxy groups -OCH3 is 1. The highest BCUT2D eigenvalue weighted by atomic mass is 35.5. The first-order chi connectivity index (χ1) is 15.0. The third kappa shape index (κ3) is 5.04. The molecular weight excluding hydrogens is 436 g/mol. The van der Waals surface area contributed by atoms with Gasteiger partial charge in [-0.25, -0.2) is 0 Å². The molecule has 1 N–H and O–H groups in total. The maximum atomic E-state index is 12.9. The van der Waals surface area contributed by atoms with E-state index in [1.807, 2.05) is 37.3 Å². The lowest BCUT2D eigenvalue weighted by Gasteiger charge is -2.31. The predicted octanol–water partition coefficient (Wildman–Crippen LogP) is 4.41. The largest absolute Gasteiger partial charge is 0.492 e. The number of hydrogen-bond acceptors (Lipinski definition) is 6. The van der Waals surface area contributed by atoms with Gasteiger partial charge in [-0.05, 0) is 30.2 Å². The molecule has 3 rings (SSSR count). The molecule has 0 spiro atoms. The van der Waals surface area contributed by atoms with Gasteiger partial charge in [-0.2, -0.15) is 5.26 Å². The Balaban J connectivity index is 2.04. The summed E-state index contributed by atoms with van der Waals surface area (Å²) in [5.41, 5.74) is 1.89. The molecule has 8 heteroatoms. The Kier molecular flexibility index (Phi) is 7.61. The number of nitrogens with zero attached hydrogens (tertiary/aromatic N) is 1. The number of halogens is 1. The normalized spacial score (nSPS) is 18.2. The molecule has 1 aliphatic rings. The van der Waals surface area contributed by atoms with Crippen LogP contribution < -0.4 is 10.1 Å². The van der Waals surface area contributed by atoms with Crippen molar-refractivity contribution in [3.63, 3.8) is 0 Å². The average Bonchev–Trinajstić information content (AvgIpc) is 2.78. The van der Waals surface area contributed by atoms with Gasteiger partial charge >= 0.3 is 5.97 Å². The number of benzene rings is 2. The van der Waals surface area contributed by atoms with E-state index in [0.717, 1.165) is 5.56 Å². The van der Waals surface area contributed by atoms with Crippen LogP contribution in [0.2, 0.25) is 5.02 Å². The Morgan fingerprint density at radius 1 is 1.26 bits per heavy atom. The fourth-order valence-electron chi connectivity index (χ4n) is 3.39. The first-order valence-electron chi connectivity index (χ1n) is 9.62. The first kappa shape index (κ1) is 22.7. The van der Waals surface area contributed by atoms with Crippen LogP contribution in [0, 0.1) is 17.2 Å². The van der Waals surface area contributed by atoms with Gasteiger partial charge in [0.15, 0.2) is 0 Å². The van der Waals surface area contributed by atoms with Crippen molar-refractivity contribution in [3.05, 3.63) is 75.3 Å². The molecule has 6 nitrogen and oxygen atoms in total. The molecule has 2 atom stereocenters. The van der Waals surface area contributed by atoms with E-state index >= 15 is 0 Å². The highest BCUT2D eigenvalue weighted by molar-refractivity contribution is 8.02. The standard InChI is InChI=1S/C23H21ClN2O4S/c1-3-30-18-10-9-15(11-17(18)24)19-16(12-25)22(26-21(27)20(19)23(28)29-2)31-13-14-7-5-4-6-8-14/h4-11,19-20H,3,13H2,1-2H3,(H,26,27)/t19-,20+/m0/s1. The number of carbonyl (C=O) groups excluding carboxylic acids is 2. The van der Waals surface area contributed by atoms with Crippen LogP contribution in [0.1, 0.15) is 24.0 Å². The summed E-state index contributed by atoms with van der Waals surface area (Å²) in [6.45, 7) is 2.29. The van der Waals surface area contributed by atoms with E-state index in [2.05, 4.69) is 11.4 Å². The van der Waals surface area contributed by atoms with Gasteiger partial charge in [0, 0.05) is 11.7 Å². The Morgan fingerprint density at radius 3 is 2.61 bits per heavy atom. The van der Waals surface area contributed by atoms with E-state index in [1.165, 1.54) is 18.9 Å². The summed E-state index contributed by atoms with van der Waals surface area (Å²) in [4.78, 5) is 25.4. The average molecular weight is 457 g/mol. The molecule has 2 aromatic rings. The van der Waals surface area contributed by atoms with E-state index in [0.29, 0.717) is 33.7 Å². The van der Waals surface area contributed by atoms with E-state index in [4.69, 9.17) is 21.1 Å². The fourth-order valence-corrected chi connectivity index (χ4v) is 4.64. The van der Waals surface area contributed by atoms with Gasteiger partial charge in [-0.3, -0.25) is 9.59 Å². The SMILES string of the molecule is CCOc1ccc([C@H]2C(C#N)=C(SCc3ccccc3)NC(=O)[C@@H]2C(=O)OC)cc1Cl. The predicted molar refractivity (Wildman–Crippen MR) is 119 cm³/mol. The van der Waals surface area contributed by atoms with Gasteiger partial charge in [-0.1, -0.05) is 48.0 Å². The van der Waals surface area contributed by atoms with Crippen LogP contribution in [-0.2, 0) is 20.1 Å². The number of amides is 1. The monoisotopic (exact) mass is 456 g/mol. The van der Waals surface area contributed by atoms with Crippen LogP contribution in [0.15, 0.2) is 59.1 Å². The van der Waals surface area contributed by atoms with Crippen LogP contribution in [0.25, 0.3) is 0 Å². The lowest BCUT2D eigenvalue weighted by Crippen LogP contribution is -2.44. The zero-order valence-corrected chi connectivity index (χ0v) is 18.6. The number of allylic oxidation sites excluding steroid dienone is 1. The number of rotatable bonds is 7. The summed E-state index contributed by atoms with van der Waals surface area (Å²) in [5, 5.41) is 13.5. The molecular formula is C23H21ClN2O4S. The van der Waals surface area contributed by atoms with Gasteiger partial charge in [0.1, 0.15) is 11.7 Å². The maximum Gasteiger partial charge on any atom is 0.319 e.